The largest absolute Gasteiger partial charge is 0.494 e. The van der Waals surface area contributed by atoms with Crippen LogP contribution in [0.4, 0.5) is 0 Å². The summed E-state index contributed by atoms with van der Waals surface area (Å²) in [7, 11) is 0. The first-order chi connectivity index (χ1) is 22.3. The minimum Gasteiger partial charge on any atom is -0.494 e. The molecule has 0 saturated carbocycles. The fourth-order valence-electron chi connectivity index (χ4n) is 5.52. The normalized spacial score (nSPS) is 11.2. The predicted octanol–water partition coefficient (Wildman–Crippen LogP) is 14.0. The highest BCUT2D eigenvalue weighted by Crippen LogP contribution is 2.29. The van der Waals surface area contributed by atoms with Gasteiger partial charge in [-0.3, -0.25) is 0 Å². The van der Waals surface area contributed by atoms with Crippen LogP contribution in [-0.2, 0) is 11.5 Å². The molecule has 0 aliphatic rings. The van der Waals surface area contributed by atoms with Crippen molar-refractivity contribution in [3.63, 3.8) is 0 Å². The van der Waals surface area contributed by atoms with Crippen LogP contribution in [0.25, 0.3) is 0 Å². The molecule has 0 bridgehead atoms. The molecule has 0 spiro atoms. The van der Waals surface area contributed by atoms with E-state index in [9.17, 15) is 0 Å². The molecule has 0 atom stereocenters. The van der Waals surface area contributed by atoms with Gasteiger partial charge in [-0.2, -0.15) is 11.8 Å². The van der Waals surface area contributed by atoms with Crippen molar-refractivity contribution in [1.29, 1.82) is 0 Å². The van der Waals surface area contributed by atoms with Crippen LogP contribution in [-0.4, -0.2) is 18.1 Å². The maximum Gasteiger partial charge on any atom is 0.119 e. The maximum absolute atomic E-state index is 6.31. The summed E-state index contributed by atoms with van der Waals surface area (Å²) < 4.78 is 6.31. The van der Waals surface area contributed by atoms with Crippen LogP contribution in [0.5, 0.6) is 5.75 Å². The van der Waals surface area contributed by atoms with Gasteiger partial charge in [-0.1, -0.05) is 139 Å². The van der Waals surface area contributed by atoms with E-state index in [2.05, 4.69) is 97.5 Å². The zero-order valence-electron chi connectivity index (χ0n) is 28.2. The van der Waals surface area contributed by atoms with Gasteiger partial charge in [-0.25, -0.2) is 0 Å². The van der Waals surface area contributed by atoms with E-state index in [1.165, 1.54) is 135 Å². The number of rotatable bonds is 28. The first-order valence-electron chi connectivity index (χ1n) is 18.0. The van der Waals surface area contributed by atoms with Crippen LogP contribution in [0, 0.1) is 0 Å². The van der Waals surface area contributed by atoms with Gasteiger partial charge in [0.05, 0.1) is 6.61 Å². The Kier molecular flexibility index (Phi) is 22.4. The topological polar surface area (TPSA) is 9.23 Å². The van der Waals surface area contributed by atoms with Crippen LogP contribution in [0.2, 0.25) is 0 Å². The fraction of sp³-hybridized carbons (Fsp3) is 0.561. The highest BCUT2D eigenvalue weighted by molar-refractivity contribution is 7.99. The molecule has 0 N–H and O–H groups in total. The van der Waals surface area contributed by atoms with Crippen molar-refractivity contribution in [2.75, 3.05) is 18.1 Å². The van der Waals surface area contributed by atoms with E-state index in [0.717, 1.165) is 30.3 Å². The highest BCUT2D eigenvalue weighted by atomic mass is 32.2. The van der Waals surface area contributed by atoms with E-state index in [1.807, 2.05) is 23.5 Å². The lowest BCUT2D eigenvalue weighted by Crippen LogP contribution is -1.99. The van der Waals surface area contributed by atoms with E-state index >= 15 is 0 Å². The molecule has 4 heteroatoms. The van der Waals surface area contributed by atoms with Crippen molar-refractivity contribution in [3.05, 3.63) is 90.0 Å². The summed E-state index contributed by atoms with van der Waals surface area (Å²) >= 11 is 5.98. The molecule has 3 rings (SSSR count). The van der Waals surface area contributed by atoms with E-state index < -0.39 is 0 Å². The molecule has 0 aliphatic carbocycles. The SMILES string of the molecule is CCCCCCCCCCSCCCCCCCCCCCOc1cc(CSc2ccccc2)cc(CSc2ccccc2)c1. The van der Waals surface area contributed by atoms with E-state index in [1.54, 1.807) is 0 Å². The number of hydrogen-bond donors (Lipinski definition) is 0. The molecule has 0 heterocycles. The van der Waals surface area contributed by atoms with Crippen LogP contribution in [0.15, 0.2) is 88.7 Å². The van der Waals surface area contributed by atoms with Gasteiger partial charge in [0.1, 0.15) is 5.75 Å². The monoisotopic (exact) mass is 664 g/mol. The Morgan fingerprint density at radius 3 is 1.36 bits per heavy atom. The molecule has 3 aromatic carbocycles. The second-order valence-corrected chi connectivity index (χ2v) is 15.6. The fourth-order valence-corrected chi connectivity index (χ4v) is 8.24. The predicted molar refractivity (Wildman–Crippen MR) is 205 cm³/mol. The average Bonchev–Trinajstić information content (AvgIpc) is 3.08. The number of thioether (sulfide) groups is 3. The summed E-state index contributed by atoms with van der Waals surface area (Å²) in [6.07, 6.45) is 23.7. The van der Waals surface area contributed by atoms with Crippen LogP contribution in [0.3, 0.4) is 0 Å². The maximum atomic E-state index is 6.31. The molecule has 45 heavy (non-hydrogen) atoms. The van der Waals surface area contributed by atoms with E-state index in [0.29, 0.717) is 0 Å². The summed E-state index contributed by atoms with van der Waals surface area (Å²) in [5.74, 6) is 5.70. The number of hydrogen-bond acceptors (Lipinski definition) is 4. The van der Waals surface area contributed by atoms with Gasteiger partial charge in [0.2, 0.25) is 0 Å². The van der Waals surface area contributed by atoms with Crippen LogP contribution < -0.4 is 4.74 Å². The van der Waals surface area contributed by atoms with Crippen LogP contribution >= 0.6 is 35.3 Å². The smallest absolute Gasteiger partial charge is 0.119 e. The molecule has 0 aromatic heterocycles. The Morgan fingerprint density at radius 1 is 0.467 bits per heavy atom. The highest BCUT2D eigenvalue weighted by Gasteiger charge is 2.06. The lowest BCUT2D eigenvalue weighted by Gasteiger charge is -2.12. The molecule has 0 saturated heterocycles. The standard InChI is InChI=1S/C41H60OS3/c1-2-3-4-5-6-11-14-23-30-43-31-24-15-12-9-7-8-10-13-22-29-42-39-33-37(35-44-40-25-18-16-19-26-40)32-38(34-39)36-45-41-27-20-17-21-28-41/h16-21,25-28,32-34H,2-15,22-24,29-31,35-36H2,1H3. The van der Waals surface area contributed by atoms with Crippen molar-refractivity contribution in [3.8, 4) is 5.75 Å². The summed E-state index contributed by atoms with van der Waals surface area (Å²) in [6.45, 7) is 3.12. The van der Waals surface area contributed by atoms with Gasteiger partial charge >= 0.3 is 0 Å². The molecule has 0 radical (unpaired) electrons. The second-order valence-electron chi connectivity index (χ2n) is 12.3. The number of benzene rings is 3. The Hall–Kier alpha value is -1.49. The average molecular weight is 665 g/mol. The lowest BCUT2D eigenvalue weighted by atomic mass is 10.1. The van der Waals surface area contributed by atoms with Crippen molar-refractivity contribution in [2.45, 2.75) is 137 Å². The molecule has 1 nitrogen and oxygen atoms in total. The van der Waals surface area contributed by atoms with E-state index in [4.69, 9.17) is 4.74 Å². The van der Waals surface area contributed by atoms with Gasteiger partial charge in [-0.15, -0.1) is 23.5 Å². The van der Waals surface area contributed by atoms with Crippen molar-refractivity contribution in [1.82, 2.24) is 0 Å². The Labute approximate surface area is 289 Å². The lowest BCUT2D eigenvalue weighted by molar-refractivity contribution is 0.304. The first-order valence-corrected chi connectivity index (χ1v) is 21.1. The summed E-state index contributed by atoms with van der Waals surface area (Å²) in [4.78, 5) is 2.62. The molecule has 0 unspecified atom stereocenters. The molecule has 0 aliphatic heterocycles. The summed E-state index contributed by atoms with van der Waals surface area (Å²) in [5, 5.41) is 0. The zero-order valence-corrected chi connectivity index (χ0v) is 30.6. The van der Waals surface area contributed by atoms with Gasteiger partial charge in [-0.05, 0) is 78.3 Å². The summed E-state index contributed by atoms with van der Waals surface area (Å²) in [5.41, 5.74) is 2.68. The third kappa shape index (κ3) is 19.7. The Balaban J connectivity index is 1.20. The molecule has 0 amide bonds. The second kappa shape index (κ2) is 26.6. The quantitative estimate of drug-likeness (QED) is 0.0564. The third-order valence-electron chi connectivity index (χ3n) is 8.17. The first kappa shape index (κ1) is 38.0. The van der Waals surface area contributed by atoms with Gasteiger partial charge in [0.25, 0.3) is 0 Å². The molecule has 248 valence electrons. The van der Waals surface area contributed by atoms with Crippen LogP contribution in [0.1, 0.15) is 127 Å². The Morgan fingerprint density at radius 2 is 0.889 bits per heavy atom. The van der Waals surface area contributed by atoms with E-state index in [-0.39, 0.29) is 0 Å². The minimum atomic E-state index is 0.817. The molecular formula is C41H60OS3. The van der Waals surface area contributed by atoms with Crippen molar-refractivity contribution < 1.29 is 4.74 Å². The van der Waals surface area contributed by atoms with Gasteiger partial charge in [0.15, 0.2) is 0 Å². The number of ether oxygens (including phenoxy) is 1. The summed E-state index contributed by atoms with van der Waals surface area (Å²) in [6, 6.07) is 28.2. The van der Waals surface area contributed by atoms with Gasteiger partial charge < -0.3 is 4.74 Å². The Bertz CT molecular complexity index is 1030. The molecule has 0 fully saturated rings. The minimum absolute atomic E-state index is 0.817. The zero-order chi connectivity index (χ0) is 31.5. The number of unbranched alkanes of at least 4 members (excludes halogenated alkanes) is 15. The molecule has 3 aromatic rings. The van der Waals surface area contributed by atoms with Gasteiger partial charge in [0, 0.05) is 21.3 Å². The van der Waals surface area contributed by atoms with Crippen molar-refractivity contribution >= 4 is 35.3 Å². The third-order valence-corrected chi connectivity index (χ3v) is 11.5. The molecular weight excluding hydrogens is 605 g/mol. The van der Waals surface area contributed by atoms with Crippen molar-refractivity contribution in [2.24, 2.45) is 0 Å².